The summed E-state index contributed by atoms with van der Waals surface area (Å²) in [6, 6.07) is 8.38. The molecule has 3 aliphatic heterocycles. The lowest BCUT2D eigenvalue weighted by Crippen LogP contribution is -2.48. The predicted octanol–water partition coefficient (Wildman–Crippen LogP) is 2.79. The van der Waals surface area contributed by atoms with Crippen LogP contribution in [-0.2, 0) is 9.47 Å². The molecule has 4 rings (SSSR count). The van der Waals surface area contributed by atoms with Gasteiger partial charge >= 0.3 is 0 Å². The number of nitrogens with zero attached hydrogens (tertiary/aromatic N) is 2. The number of piperidine rings is 1. The van der Waals surface area contributed by atoms with Crippen LogP contribution in [0.1, 0.15) is 43.6 Å². The maximum absolute atomic E-state index is 6.10. The fourth-order valence-electron chi connectivity index (χ4n) is 4.43. The summed E-state index contributed by atoms with van der Waals surface area (Å²) in [6.45, 7) is 5.30. The average Bonchev–Trinajstić information content (AvgIpc) is 3.27. The van der Waals surface area contributed by atoms with Gasteiger partial charge < -0.3 is 24.4 Å². The van der Waals surface area contributed by atoms with Gasteiger partial charge in [-0.15, -0.1) is 0 Å². The van der Waals surface area contributed by atoms with Crippen molar-refractivity contribution in [3.8, 4) is 5.75 Å². The lowest BCUT2D eigenvalue weighted by atomic mass is 9.93. The quantitative estimate of drug-likeness (QED) is 0.622. The Labute approximate surface area is 168 Å². The number of likely N-dealkylation sites (tertiary alicyclic amines) is 1. The van der Waals surface area contributed by atoms with Gasteiger partial charge in [-0.25, -0.2) is 0 Å². The topological polar surface area (TPSA) is 55.3 Å². The molecule has 28 heavy (non-hydrogen) atoms. The largest absolute Gasteiger partial charge is 0.493 e. The van der Waals surface area contributed by atoms with Crippen molar-refractivity contribution in [1.82, 2.24) is 10.2 Å². The van der Waals surface area contributed by atoms with Crippen molar-refractivity contribution < 1.29 is 14.2 Å². The third kappa shape index (κ3) is 4.78. The third-order valence-corrected chi connectivity index (χ3v) is 6.08. The molecule has 1 aromatic carbocycles. The summed E-state index contributed by atoms with van der Waals surface area (Å²) < 4.78 is 17.5. The molecule has 6 heteroatoms. The average molecular weight is 388 g/mol. The van der Waals surface area contributed by atoms with Gasteiger partial charge in [0.2, 0.25) is 0 Å². The van der Waals surface area contributed by atoms with Crippen molar-refractivity contribution in [3.05, 3.63) is 29.8 Å². The van der Waals surface area contributed by atoms with E-state index < -0.39 is 0 Å². The van der Waals surface area contributed by atoms with E-state index in [2.05, 4.69) is 33.4 Å². The molecule has 0 radical (unpaired) electrons. The lowest BCUT2D eigenvalue weighted by Gasteiger charge is -2.35. The van der Waals surface area contributed by atoms with Crippen LogP contribution in [0.2, 0.25) is 0 Å². The Morgan fingerprint density at radius 2 is 2.04 bits per heavy atom. The molecule has 1 aromatic rings. The zero-order valence-electron chi connectivity index (χ0n) is 16.9. The maximum atomic E-state index is 6.10. The van der Waals surface area contributed by atoms with E-state index in [0.29, 0.717) is 18.1 Å². The van der Waals surface area contributed by atoms with Crippen molar-refractivity contribution in [1.29, 1.82) is 0 Å². The highest BCUT2D eigenvalue weighted by molar-refractivity contribution is 5.80. The number of fused-ring (bicyclic) bond motifs is 1. The minimum Gasteiger partial charge on any atom is -0.493 e. The van der Waals surface area contributed by atoms with Crippen molar-refractivity contribution >= 4 is 5.96 Å². The molecule has 0 bridgehead atoms. The van der Waals surface area contributed by atoms with Crippen molar-refractivity contribution in [2.45, 2.75) is 50.2 Å². The summed E-state index contributed by atoms with van der Waals surface area (Å²) in [6.07, 6.45) is 6.12. The van der Waals surface area contributed by atoms with Gasteiger partial charge in [-0.1, -0.05) is 18.2 Å². The number of benzene rings is 1. The van der Waals surface area contributed by atoms with Crippen LogP contribution in [0, 0.1) is 0 Å². The maximum Gasteiger partial charge on any atom is 0.193 e. The van der Waals surface area contributed by atoms with Gasteiger partial charge in [0, 0.05) is 39.2 Å². The molecule has 3 heterocycles. The number of hydrogen-bond acceptors (Lipinski definition) is 4. The predicted molar refractivity (Wildman–Crippen MR) is 110 cm³/mol. The minimum atomic E-state index is 0.315. The van der Waals surface area contributed by atoms with E-state index in [1.807, 2.05) is 13.1 Å². The van der Waals surface area contributed by atoms with E-state index in [4.69, 9.17) is 14.2 Å². The summed E-state index contributed by atoms with van der Waals surface area (Å²) in [4.78, 5) is 6.88. The van der Waals surface area contributed by atoms with Crippen LogP contribution >= 0.6 is 0 Å². The number of ether oxygens (including phenoxy) is 3. The lowest BCUT2D eigenvalue weighted by molar-refractivity contribution is -0.0367. The molecule has 0 spiro atoms. The van der Waals surface area contributed by atoms with Gasteiger partial charge in [0.15, 0.2) is 5.96 Å². The molecular formula is C22H33N3O3. The van der Waals surface area contributed by atoms with Gasteiger partial charge in [0.1, 0.15) is 5.75 Å². The van der Waals surface area contributed by atoms with E-state index in [0.717, 1.165) is 76.8 Å². The van der Waals surface area contributed by atoms with Crippen molar-refractivity contribution in [3.63, 3.8) is 0 Å². The Balaban J connectivity index is 1.23. The van der Waals surface area contributed by atoms with E-state index in [9.17, 15) is 0 Å². The normalized spacial score (nSPS) is 26.0. The molecule has 1 N–H and O–H groups in total. The smallest absolute Gasteiger partial charge is 0.193 e. The number of guanidine groups is 1. The molecule has 0 saturated carbocycles. The highest BCUT2D eigenvalue weighted by Crippen LogP contribution is 2.32. The van der Waals surface area contributed by atoms with Gasteiger partial charge in [0.25, 0.3) is 0 Å². The summed E-state index contributed by atoms with van der Waals surface area (Å²) in [5.74, 6) is 2.50. The molecule has 154 valence electrons. The molecule has 0 amide bonds. The Kier molecular flexibility index (Phi) is 6.70. The van der Waals surface area contributed by atoms with Crippen LogP contribution in [0.5, 0.6) is 5.75 Å². The van der Waals surface area contributed by atoms with Gasteiger partial charge in [-0.3, -0.25) is 4.99 Å². The fourth-order valence-corrected chi connectivity index (χ4v) is 4.43. The van der Waals surface area contributed by atoms with Gasteiger partial charge in [-0.2, -0.15) is 0 Å². The number of rotatable bonds is 5. The van der Waals surface area contributed by atoms with E-state index >= 15 is 0 Å². The molecular weight excluding hydrogens is 354 g/mol. The first kappa shape index (κ1) is 19.5. The molecule has 2 atom stereocenters. The fraction of sp³-hybridized carbons (Fsp3) is 0.682. The Bertz CT molecular complexity index is 652. The van der Waals surface area contributed by atoms with E-state index in [1.54, 1.807) is 0 Å². The zero-order chi connectivity index (χ0) is 19.2. The van der Waals surface area contributed by atoms with Gasteiger partial charge in [0.05, 0.1) is 25.4 Å². The van der Waals surface area contributed by atoms with Crippen LogP contribution in [-0.4, -0.2) is 69.6 Å². The SMILES string of the molecule is CN=C(NCC1CCOc2ccccc21)N1CCC(OCC2CCCO2)CC1. The first-order valence-electron chi connectivity index (χ1n) is 10.7. The summed E-state index contributed by atoms with van der Waals surface area (Å²) in [5.41, 5.74) is 1.30. The van der Waals surface area contributed by atoms with Crippen LogP contribution in [0.4, 0.5) is 0 Å². The van der Waals surface area contributed by atoms with E-state index in [-0.39, 0.29) is 0 Å². The zero-order valence-corrected chi connectivity index (χ0v) is 16.9. The number of para-hydroxylation sites is 1. The van der Waals surface area contributed by atoms with Crippen molar-refractivity contribution in [2.75, 3.05) is 46.5 Å². The monoisotopic (exact) mass is 387 g/mol. The Morgan fingerprint density at radius 3 is 2.82 bits per heavy atom. The summed E-state index contributed by atoms with van der Waals surface area (Å²) in [7, 11) is 1.88. The number of nitrogens with one attached hydrogen (secondary N) is 1. The standard InChI is InChI=1S/C22H33N3O3/c1-23-22(24-15-17-10-14-27-21-7-3-2-6-20(17)21)25-11-8-18(9-12-25)28-16-19-5-4-13-26-19/h2-3,6-7,17-19H,4-5,8-16H2,1H3,(H,23,24). The molecule has 0 aromatic heterocycles. The van der Waals surface area contributed by atoms with Crippen LogP contribution in [0.25, 0.3) is 0 Å². The Morgan fingerprint density at radius 1 is 1.18 bits per heavy atom. The highest BCUT2D eigenvalue weighted by Gasteiger charge is 2.26. The highest BCUT2D eigenvalue weighted by atomic mass is 16.5. The first-order chi connectivity index (χ1) is 13.8. The molecule has 6 nitrogen and oxygen atoms in total. The van der Waals surface area contributed by atoms with E-state index in [1.165, 1.54) is 12.0 Å². The molecule has 0 aliphatic carbocycles. The minimum absolute atomic E-state index is 0.315. The number of aliphatic imine (C=N–C) groups is 1. The molecule has 2 saturated heterocycles. The van der Waals surface area contributed by atoms with Crippen LogP contribution in [0.3, 0.4) is 0 Å². The Hall–Kier alpha value is -1.79. The van der Waals surface area contributed by atoms with Crippen LogP contribution in [0.15, 0.2) is 29.3 Å². The van der Waals surface area contributed by atoms with Crippen LogP contribution < -0.4 is 10.1 Å². The summed E-state index contributed by atoms with van der Waals surface area (Å²) >= 11 is 0. The second kappa shape index (κ2) is 9.61. The first-order valence-corrected chi connectivity index (χ1v) is 10.7. The second-order valence-corrected chi connectivity index (χ2v) is 7.95. The second-order valence-electron chi connectivity index (χ2n) is 7.95. The number of hydrogen-bond donors (Lipinski definition) is 1. The molecule has 3 aliphatic rings. The summed E-state index contributed by atoms with van der Waals surface area (Å²) in [5, 5.41) is 3.60. The van der Waals surface area contributed by atoms with Gasteiger partial charge in [-0.05, 0) is 43.7 Å². The molecule has 2 fully saturated rings. The third-order valence-electron chi connectivity index (χ3n) is 6.08. The van der Waals surface area contributed by atoms with Crippen molar-refractivity contribution in [2.24, 2.45) is 4.99 Å². The molecule has 2 unspecified atom stereocenters.